The van der Waals surface area contributed by atoms with Gasteiger partial charge in [0.05, 0.1) is 11.3 Å². The lowest BCUT2D eigenvalue weighted by Gasteiger charge is -2.20. The molecule has 6 nitrogen and oxygen atoms in total. The largest absolute Gasteiger partial charge is 0.511 e. The van der Waals surface area contributed by atoms with Gasteiger partial charge in [0.1, 0.15) is 23.4 Å². The lowest BCUT2D eigenvalue weighted by Crippen LogP contribution is -2.31. The Morgan fingerprint density at radius 3 is 2.34 bits per heavy atom. The number of ether oxygens (including phenoxy) is 1. The van der Waals surface area contributed by atoms with E-state index in [4.69, 9.17) is 10.00 Å². The smallest absolute Gasteiger partial charge is 0.425 e. The second kappa shape index (κ2) is 9.85. The van der Waals surface area contributed by atoms with Crippen LogP contribution in [0.25, 0.3) is 10.8 Å². The molecule has 180 valence electrons. The van der Waals surface area contributed by atoms with E-state index in [-0.39, 0.29) is 5.56 Å². The highest BCUT2D eigenvalue weighted by atomic mass is 19.4. The highest BCUT2D eigenvalue weighted by Gasteiger charge is 2.39. The fourth-order valence-corrected chi connectivity index (χ4v) is 3.15. The summed E-state index contributed by atoms with van der Waals surface area (Å²) in [4.78, 5) is 25.4. The Balaban J connectivity index is 2.09. The number of allylic oxidation sites excluding steroid dienone is 1. The average Bonchev–Trinajstić information content (AvgIpc) is 2.79. The van der Waals surface area contributed by atoms with Crippen molar-refractivity contribution in [3.63, 3.8) is 0 Å². The minimum absolute atomic E-state index is 0.0787. The number of aliphatic hydroxyl groups excluding tert-OH is 1. The molecule has 3 aromatic rings. The van der Waals surface area contributed by atoms with Gasteiger partial charge in [-0.3, -0.25) is 9.59 Å². The molecule has 10 heteroatoms. The van der Waals surface area contributed by atoms with Crippen molar-refractivity contribution >= 4 is 28.2 Å². The Hall–Kier alpha value is -4.39. The highest BCUT2D eigenvalue weighted by molar-refractivity contribution is 6.13. The van der Waals surface area contributed by atoms with Crippen LogP contribution in [0, 0.1) is 17.1 Å². The average molecular weight is 486 g/mol. The Labute approximate surface area is 197 Å². The van der Waals surface area contributed by atoms with Crippen molar-refractivity contribution in [3.8, 4) is 11.8 Å². The molecule has 0 aliphatic heterocycles. The maximum absolute atomic E-state index is 14.9. The number of halogens is 4. The van der Waals surface area contributed by atoms with E-state index in [1.807, 2.05) is 5.32 Å². The number of fused-ring (bicyclic) bond motifs is 1. The quantitative estimate of drug-likeness (QED) is 0.150. The van der Waals surface area contributed by atoms with Crippen LogP contribution in [-0.2, 0) is 4.79 Å². The van der Waals surface area contributed by atoms with Gasteiger partial charge in [0.2, 0.25) is 0 Å². The number of nitrogens with zero attached hydrogens (tertiary/aromatic N) is 1. The molecule has 3 rings (SSSR count). The van der Waals surface area contributed by atoms with Gasteiger partial charge >= 0.3 is 6.18 Å². The summed E-state index contributed by atoms with van der Waals surface area (Å²) >= 11 is 0. The molecule has 1 amide bonds. The maximum atomic E-state index is 14.9. The Kier molecular flexibility index (Phi) is 7.10. The fraction of sp³-hybridized carbons (Fsp3) is 0.160. The molecule has 0 radical (unpaired) electrons. The van der Waals surface area contributed by atoms with E-state index in [1.165, 1.54) is 18.2 Å². The lowest BCUT2D eigenvalue weighted by atomic mass is 9.98. The van der Waals surface area contributed by atoms with E-state index >= 15 is 0 Å². The van der Waals surface area contributed by atoms with E-state index in [9.17, 15) is 32.3 Å². The van der Waals surface area contributed by atoms with Gasteiger partial charge < -0.3 is 15.2 Å². The zero-order valence-electron chi connectivity index (χ0n) is 18.4. The molecule has 0 aliphatic carbocycles. The minimum atomic E-state index is -4.80. The first-order chi connectivity index (χ1) is 16.4. The molecular formula is C25H18F4N2O4. The van der Waals surface area contributed by atoms with Crippen LogP contribution in [0.3, 0.4) is 0 Å². The molecule has 0 bridgehead atoms. The SMILES string of the molecule is C/C(O)=C(\C#N)C(=O)Nc1cc(O[C@@H](C)C(F)(F)F)c(C(=O)c2ccc3ccccc3c2)cc1F. The van der Waals surface area contributed by atoms with E-state index in [1.54, 1.807) is 30.3 Å². The van der Waals surface area contributed by atoms with Crippen LogP contribution in [0.1, 0.15) is 29.8 Å². The number of amides is 1. The summed E-state index contributed by atoms with van der Waals surface area (Å²) in [6.45, 7) is 1.76. The summed E-state index contributed by atoms with van der Waals surface area (Å²) in [6, 6.07) is 14.5. The molecule has 0 saturated heterocycles. The number of nitriles is 1. The van der Waals surface area contributed by atoms with Crippen molar-refractivity contribution in [2.45, 2.75) is 26.1 Å². The topological polar surface area (TPSA) is 99.4 Å². The van der Waals surface area contributed by atoms with Crippen molar-refractivity contribution in [1.82, 2.24) is 0 Å². The molecule has 3 aromatic carbocycles. The molecule has 0 heterocycles. The van der Waals surface area contributed by atoms with Gasteiger partial charge in [-0.1, -0.05) is 36.4 Å². The normalized spacial score (nSPS) is 12.9. The van der Waals surface area contributed by atoms with Crippen LogP contribution in [0.2, 0.25) is 0 Å². The zero-order chi connectivity index (χ0) is 25.9. The van der Waals surface area contributed by atoms with Gasteiger partial charge in [0, 0.05) is 11.6 Å². The summed E-state index contributed by atoms with van der Waals surface area (Å²) in [5.41, 5.74) is -1.80. The van der Waals surface area contributed by atoms with Gasteiger partial charge in [-0.2, -0.15) is 18.4 Å². The number of rotatable bonds is 6. The first kappa shape index (κ1) is 25.2. The lowest BCUT2D eigenvalue weighted by molar-refractivity contribution is -0.189. The van der Waals surface area contributed by atoms with Crippen LogP contribution in [0.5, 0.6) is 5.75 Å². The van der Waals surface area contributed by atoms with Gasteiger partial charge in [-0.25, -0.2) is 4.39 Å². The molecule has 0 spiro atoms. The van der Waals surface area contributed by atoms with Crippen molar-refractivity contribution in [2.75, 3.05) is 5.32 Å². The predicted molar refractivity (Wildman–Crippen MR) is 119 cm³/mol. The van der Waals surface area contributed by atoms with Crippen LogP contribution >= 0.6 is 0 Å². The molecule has 35 heavy (non-hydrogen) atoms. The number of ketones is 1. The number of aliphatic hydroxyl groups is 1. The van der Waals surface area contributed by atoms with E-state index in [2.05, 4.69) is 0 Å². The van der Waals surface area contributed by atoms with E-state index in [0.717, 1.165) is 18.4 Å². The Morgan fingerprint density at radius 2 is 1.74 bits per heavy atom. The number of hydrogen-bond acceptors (Lipinski definition) is 5. The molecule has 2 N–H and O–H groups in total. The number of hydrogen-bond donors (Lipinski definition) is 2. The number of alkyl halides is 3. The van der Waals surface area contributed by atoms with Crippen molar-refractivity contribution in [2.24, 2.45) is 0 Å². The first-order valence-electron chi connectivity index (χ1n) is 10.1. The standard InChI is InChI=1S/C25H18F4N2O4/c1-13(32)19(12-30)24(34)31-21-11-22(35-14(2)25(27,28)29)18(10-20(21)26)23(33)17-8-7-15-5-3-4-6-16(15)9-17/h3-11,14,32H,1-2H3,(H,31,34)/b19-13-/t14-/m0/s1. The van der Waals surface area contributed by atoms with Gasteiger partial charge in [0.15, 0.2) is 17.5 Å². The van der Waals surface area contributed by atoms with Gasteiger partial charge in [-0.05, 0) is 36.8 Å². The Morgan fingerprint density at radius 1 is 1.09 bits per heavy atom. The molecular weight excluding hydrogens is 468 g/mol. The predicted octanol–water partition coefficient (Wildman–Crippen LogP) is 5.83. The first-order valence-corrected chi connectivity index (χ1v) is 10.1. The number of anilines is 1. The van der Waals surface area contributed by atoms with Crippen LogP contribution in [0.4, 0.5) is 23.2 Å². The third kappa shape index (κ3) is 5.58. The second-order valence-electron chi connectivity index (χ2n) is 7.55. The van der Waals surface area contributed by atoms with Crippen molar-refractivity contribution in [1.29, 1.82) is 5.26 Å². The van der Waals surface area contributed by atoms with Crippen LogP contribution in [0.15, 0.2) is 65.9 Å². The number of nitrogens with one attached hydrogen (secondary N) is 1. The fourth-order valence-electron chi connectivity index (χ4n) is 3.15. The number of benzene rings is 3. The molecule has 1 atom stereocenters. The second-order valence-corrected chi connectivity index (χ2v) is 7.55. The monoisotopic (exact) mass is 486 g/mol. The van der Waals surface area contributed by atoms with Crippen LogP contribution in [-0.4, -0.2) is 29.1 Å². The zero-order valence-corrected chi connectivity index (χ0v) is 18.4. The summed E-state index contributed by atoms with van der Waals surface area (Å²) in [6.07, 6.45) is -7.17. The maximum Gasteiger partial charge on any atom is 0.425 e. The molecule has 0 aromatic heterocycles. The summed E-state index contributed by atoms with van der Waals surface area (Å²) in [5, 5.41) is 21.9. The molecule has 0 fully saturated rings. The summed E-state index contributed by atoms with van der Waals surface area (Å²) in [5.74, 6) is -4.44. The highest BCUT2D eigenvalue weighted by Crippen LogP contribution is 2.33. The van der Waals surface area contributed by atoms with E-state index < -0.39 is 58.1 Å². The van der Waals surface area contributed by atoms with Crippen molar-refractivity contribution in [3.05, 3.63) is 82.9 Å². The third-order valence-corrected chi connectivity index (χ3v) is 5.04. The van der Waals surface area contributed by atoms with Gasteiger partial charge in [0.25, 0.3) is 5.91 Å². The summed E-state index contributed by atoms with van der Waals surface area (Å²) in [7, 11) is 0. The molecule has 0 aliphatic rings. The van der Waals surface area contributed by atoms with Crippen molar-refractivity contribution < 1.29 is 37.0 Å². The Bertz CT molecular complexity index is 1390. The number of carbonyl (C=O) groups excluding carboxylic acids is 2. The third-order valence-electron chi connectivity index (χ3n) is 5.04. The molecule has 0 saturated carbocycles. The molecule has 0 unspecified atom stereocenters. The number of carbonyl (C=O) groups is 2. The van der Waals surface area contributed by atoms with Crippen LogP contribution < -0.4 is 10.1 Å². The van der Waals surface area contributed by atoms with E-state index in [0.29, 0.717) is 18.4 Å². The van der Waals surface area contributed by atoms with Gasteiger partial charge in [-0.15, -0.1) is 0 Å². The summed E-state index contributed by atoms with van der Waals surface area (Å²) < 4.78 is 59.3. The minimum Gasteiger partial charge on any atom is -0.511 e.